The average Bonchev–Trinajstić information content (AvgIpc) is 3.53. The van der Waals surface area contributed by atoms with Crippen LogP contribution in [-0.4, -0.2) is 96.3 Å². The van der Waals surface area contributed by atoms with Crippen LogP contribution in [0.3, 0.4) is 0 Å². The van der Waals surface area contributed by atoms with Crippen molar-refractivity contribution in [1.29, 1.82) is 0 Å². The number of rotatable bonds is 14. The van der Waals surface area contributed by atoms with E-state index in [1.54, 1.807) is 43.5 Å². The minimum atomic E-state index is -1.12. The number of phenolic OH excluding ortho intramolecular Hbond substituents is 1. The van der Waals surface area contributed by atoms with Gasteiger partial charge in [-0.15, -0.1) is 11.3 Å². The summed E-state index contributed by atoms with van der Waals surface area (Å²) < 4.78 is 10.8. The molecule has 3 aromatic rings. The topological polar surface area (TPSA) is 155 Å². The van der Waals surface area contributed by atoms with Gasteiger partial charge < -0.3 is 30.5 Å². The highest BCUT2D eigenvalue weighted by atomic mass is 32.1. The number of amides is 2. The second kappa shape index (κ2) is 16.0. The number of ether oxygens (including phenoxy) is 2. The van der Waals surface area contributed by atoms with Gasteiger partial charge in [-0.1, -0.05) is 18.2 Å². The van der Waals surface area contributed by atoms with Crippen LogP contribution in [0.15, 0.2) is 41.8 Å². The normalized spacial score (nSPS) is 14.1. The lowest BCUT2D eigenvalue weighted by atomic mass is 10.1. The maximum atomic E-state index is 13.4. The van der Waals surface area contributed by atoms with Crippen LogP contribution in [0.4, 0.5) is 5.95 Å². The van der Waals surface area contributed by atoms with Gasteiger partial charge in [0.25, 0.3) is 11.8 Å². The maximum Gasteiger partial charge on any atom is 0.330 e. The molecule has 0 radical (unpaired) electrons. The number of anilines is 1. The second-order valence-electron chi connectivity index (χ2n) is 10.1. The molecule has 2 amide bonds. The Kier molecular flexibility index (Phi) is 11.8. The standard InChI is InChI=1S/C30H38N6O6S/c1-20-26(21(2)34-30(33-20)31-10-4-7-22-6-3-8-23(37)18-22)28(39)35-24(19-32-27(38)25-9-5-17-43-25)29(40)42-16-13-36-11-14-41-15-12-36/h3,5-6,8-9,17-18,24,37H,4,7,10-16,19H2,1-2H3,(H,32,38)(H,35,39)(H,31,33,34). The van der Waals surface area contributed by atoms with Crippen LogP contribution < -0.4 is 16.0 Å². The van der Waals surface area contributed by atoms with E-state index in [9.17, 15) is 19.5 Å². The molecule has 0 bridgehead atoms. The van der Waals surface area contributed by atoms with Gasteiger partial charge in [-0.2, -0.15) is 0 Å². The van der Waals surface area contributed by atoms with Gasteiger partial charge in [0.05, 0.1) is 35.0 Å². The van der Waals surface area contributed by atoms with Crippen molar-refractivity contribution >= 4 is 35.1 Å². The fraction of sp³-hybridized carbons (Fsp3) is 0.433. The van der Waals surface area contributed by atoms with Crippen molar-refractivity contribution in [3.05, 3.63) is 69.2 Å². The molecule has 1 unspecified atom stereocenters. The van der Waals surface area contributed by atoms with Gasteiger partial charge in [0.15, 0.2) is 0 Å². The van der Waals surface area contributed by atoms with Gasteiger partial charge in [0.1, 0.15) is 18.4 Å². The van der Waals surface area contributed by atoms with E-state index in [1.165, 1.54) is 11.3 Å². The van der Waals surface area contributed by atoms with E-state index >= 15 is 0 Å². The molecule has 0 saturated carbocycles. The summed E-state index contributed by atoms with van der Waals surface area (Å²) in [6.45, 7) is 7.35. The quantitative estimate of drug-likeness (QED) is 0.158. The molecule has 1 aromatic carbocycles. The molecule has 1 aliphatic rings. The van der Waals surface area contributed by atoms with Crippen molar-refractivity contribution in [2.24, 2.45) is 0 Å². The first-order valence-electron chi connectivity index (χ1n) is 14.3. The Balaban J connectivity index is 1.35. The smallest absolute Gasteiger partial charge is 0.330 e. The number of hydrogen-bond donors (Lipinski definition) is 4. The van der Waals surface area contributed by atoms with Crippen molar-refractivity contribution in [2.75, 3.05) is 57.9 Å². The number of aromatic hydroxyl groups is 1. The van der Waals surface area contributed by atoms with Gasteiger partial charge in [-0.25, -0.2) is 14.8 Å². The molecule has 1 atom stereocenters. The van der Waals surface area contributed by atoms with Crippen LogP contribution in [0.5, 0.6) is 5.75 Å². The molecule has 1 saturated heterocycles. The first-order valence-corrected chi connectivity index (χ1v) is 15.1. The van der Waals surface area contributed by atoms with E-state index in [4.69, 9.17) is 9.47 Å². The predicted molar refractivity (Wildman–Crippen MR) is 163 cm³/mol. The molecular formula is C30H38N6O6S. The van der Waals surface area contributed by atoms with Crippen LogP contribution in [0.2, 0.25) is 0 Å². The van der Waals surface area contributed by atoms with Crippen molar-refractivity contribution in [3.8, 4) is 5.75 Å². The molecule has 0 aliphatic carbocycles. The van der Waals surface area contributed by atoms with Gasteiger partial charge in [0, 0.05) is 32.7 Å². The summed E-state index contributed by atoms with van der Waals surface area (Å²) in [6, 6.07) is 9.47. The Morgan fingerprint density at radius 2 is 1.86 bits per heavy atom. The molecule has 12 nitrogen and oxygen atoms in total. The molecule has 1 fully saturated rings. The lowest BCUT2D eigenvalue weighted by Crippen LogP contribution is -2.50. The van der Waals surface area contributed by atoms with E-state index in [0.717, 1.165) is 31.5 Å². The van der Waals surface area contributed by atoms with Crippen LogP contribution >= 0.6 is 11.3 Å². The molecule has 2 aromatic heterocycles. The number of aryl methyl sites for hydroxylation is 3. The summed E-state index contributed by atoms with van der Waals surface area (Å²) in [6.07, 6.45) is 1.56. The largest absolute Gasteiger partial charge is 0.508 e. The third kappa shape index (κ3) is 9.73. The number of nitrogens with zero attached hydrogens (tertiary/aromatic N) is 3. The Morgan fingerprint density at radius 3 is 2.56 bits per heavy atom. The van der Waals surface area contributed by atoms with Crippen molar-refractivity contribution in [3.63, 3.8) is 0 Å². The number of hydrogen-bond acceptors (Lipinski definition) is 11. The number of benzene rings is 1. The lowest BCUT2D eigenvalue weighted by molar-refractivity contribution is -0.146. The van der Waals surface area contributed by atoms with Crippen LogP contribution in [0.25, 0.3) is 0 Å². The molecule has 43 heavy (non-hydrogen) atoms. The fourth-order valence-corrected chi connectivity index (χ4v) is 5.28. The molecule has 0 spiro atoms. The lowest BCUT2D eigenvalue weighted by Gasteiger charge is -2.26. The Bertz CT molecular complexity index is 1360. The van der Waals surface area contributed by atoms with E-state index in [1.807, 2.05) is 12.1 Å². The van der Waals surface area contributed by atoms with Gasteiger partial charge in [-0.05, 0) is 55.8 Å². The number of nitrogens with one attached hydrogen (secondary N) is 3. The van der Waals surface area contributed by atoms with Crippen molar-refractivity contribution in [1.82, 2.24) is 25.5 Å². The molecule has 4 rings (SSSR count). The summed E-state index contributed by atoms with van der Waals surface area (Å²) in [5, 5.41) is 20.0. The van der Waals surface area contributed by atoms with Gasteiger partial charge >= 0.3 is 5.97 Å². The van der Waals surface area contributed by atoms with Crippen molar-refractivity contribution < 1.29 is 29.0 Å². The number of thiophene rings is 1. The van der Waals surface area contributed by atoms with Crippen LogP contribution in [0.1, 0.15) is 43.4 Å². The van der Waals surface area contributed by atoms with E-state index in [0.29, 0.717) is 48.5 Å². The van der Waals surface area contributed by atoms with E-state index in [2.05, 4.69) is 30.8 Å². The third-order valence-corrected chi connectivity index (χ3v) is 7.76. The SMILES string of the molecule is Cc1nc(NCCCc2cccc(O)c2)nc(C)c1C(=O)NC(CNC(=O)c1cccs1)C(=O)OCCN1CCOCC1. The molecule has 3 heterocycles. The van der Waals surface area contributed by atoms with Crippen LogP contribution in [0, 0.1) is 13.8 Å². The molecular weight excluding hydrogens is 572 g/mol. The Labute approximate surface area is 254 Å². The number of carbonyl (C=O) groups is 3. The van der Waals surface area contributed by atoms with E-state index < -0.39 is 17.9 Å². The Morgan fingerprint density at radius 1 is 1.09 bits per heavy atom. The Hall–Kier alpha value is -4.07. The molecule has 230 valence electrons. The summed E-state index contributed by atoms with van der Waals surface area (Å²) >= 11 is 1.28. The number of morpholine rings is 1. The summed E-state index contributed by atoms with van der Waals surface area (Å²) in [7, 11) is 0. The number of phenols is 1. The highest BCUT2D eigenvalue weighted by Gasteiger charge is 2.27. The second-order valence-corrected chi connectivity index (χ2v) is 11.1. The monoisotopic (exact) mass is 610 g/mol. The number of carbonyl (C=O) groups excluding carboxylic acids is 3. The predicted octanol–water partition coefficient (Wildman–Crippen LogP) is 2.31. The number of aromatic nitrogens is 2. The molecule has 13 heteroatoms. The third-order valence-electron chi connectivity index (χ3n) is 6.89. The highest BCUT2D eigenvalue weighted by Crippen LogP contribution is 2.15. The highest BCUT2D eigenvalue weighted by molar-refractivity contribution is 7.12. The number of esters is 1. The summed E-state index contributed by atoms with van der Waals surface area (Å²) in [5.74, 6) is -0.891. The summed E-state index contributed by atoms with van der Waals surface area (Å²) in [5.41, 5.74) is 2.17. The molecule has 4 N–H and O–H groups in total. The zero-order valence-corrected chi connectivity index (χ0v) is 25.2. The van der Waals surface area contributed by atoms with Gasteiger partial charge in [0.2, 0.25) is 5.95 Å². The van der Waals surface area contributed by atoms with Crippen LogP contribution in [-0.2, 0) is 20.7 Å². The van der Waals surface area contributed by atoms with Gasteiger partial charge in [-0.3, -0.25) is 14.5 Å². The van der Waals surface area contributed by atoms with E-state index in [-0.39, 0.29) is 30.4 Å². The summed E-state index contributed by atoms with van der Waals surface area (Å²) in [4.78, 5) is 50.5. The minimum absolute atomic E-state index is 0.142. The first-order chi connectivity index (χ1) is 20.8. The minimum Gasteiger partial charge on any atom is -0.508 e. The fourth-order valence-electron chi connectivity index (χ4n) is 4.64. The average molecular weight is 611 g/mol. The maximum absolute atomic E-state index is 13.4. The first kappa shape index (κ1) is 31.9. The zero-order valence-electron chi connectivity index (χ0n) is 24.4. The zero-order chi connectivity index (χ0) is 30.6. The van der Waals surface area contributed by atoms with Crippen molar-refractivity contribution in [2.45, 2.75) is 32.7 Å². The molecule has 1 aliphatic heterocycles.